The van der Waals surface area contributed by atoms with Crippen LogP contribution in [0.3, 0.4) is 0 Å². The zero-order valence-electron chi connectivity index (χ0n) is 9.37. The fourth-order valence-corrected chi connectivity index (χ4v) is 2.86. The molecule has 1 aliphatic rings. The van der Waals surface area contributed by atoms with Crippen LogP contribution in [0.2, 0.25) is 0 Å². The topological polar surface area (TPSA) is 102 Å². The number of nitriles is 1. The number of carbonyl (C=O) groups is 1. The summed E-state index contributed by atoms with van der Waals surface area (Å²) in [5.74, 6) is -1.44. The highest BCUT2D eigenvalue weighted by Crippen LogP contribution is 2.08. The van der Waals surface area contributed by atoms with Gasteiger partial charge in [0.15, 0.2) is 5.75 Å². The number of hydrogen-bond acceptors (Lipinski definition) is 5. The van der Waals surface area contributed by atoms with Gasteiger partial charge in [0.05, 0.1) is 12.6 Å². The van der Waals surface area contributed by atoms with Crippen LogP contribution in [0, 0.1) is 11.3 Å². The number of carboxylic acid groups (broad SMARTS) is 1. The first-order valence-corrected chi connectivity index (χ1v) is 6.85. The molecule has 0 bridgehead atoms. The summed E-state index contributed by atoms with van der Waals surface area (Å²) in [7, 11) is -3.51. The third-order valence-corrected chi connectivity index (χ3v) is 4.19. The van der Waals surface area contributed by atoms with Crippen LogP contribution in [0.1, 0.15) is 6.42 Å². The maximum atomic E-state index is 11.6. The molecule has 0 spiro atoms. The maximum Gasteiger partial charge on any atom is 0.317 e. The van der Waals surface area contributed by atoms with Gasteiger partial charge in [0.2, 0.25) is 10.0 Å². The number of rotatable bonds is 4. The van der Waals surface area contributed by atoms with Gasteiger partial charge in [-0.05, 0) is 6.42 Å². The van der Waals surface area contributed by atoms with Crippen molar-refractivity contribution in [3.8, 4) is 6.07 Å². The second-order valence-corrected chi connectivity index (χ2v) is 5.81. The van der Waals surface area contributed by atoms with E-state index in [1.54, 1.807) is 11.0 Å². The Kier molecular flexibility index (Phi) is 4.86. The fraction of sp³-hybridized carbons (Fsp3) is 0.778. The Morgan fingerprint density at radius 2 is 2.00 bits per heavy atom. The molecular weight excluding hydrogens is 246 g/mol. The molecule has 1 rings (SSSR count). The van der Waals surface area contributed by atoms with E-state index in [9.17, 15) is 13.2 Å². The lowest BCUT2D eigenvalue weighted by molar-refractivity contribution is -0.138. The first kappa shape index (κ1) is 13.9. The molecule has 0 radical (unpaired) electrons. The molecule has 7 nitrogen and oxygen atoms in total. The number of carboxylic acids is 1. The van der Waals surface area contributed by atoms with E-state index in [0.717, 1.165) is 0 Å². The van der Waals surface area contributed by atoms with E-state index < -0.39 is 21.7 Å². The number of sulfonamides is 1. The van der Waals surface area contributed by atoms with Crippen molar-refractivity contribution in [2.75, 3.05) is 38.5 Å². The van der Waals surface area contributed by atoms with Crippen molar-refractivity contribution in [2.24, 2.45) is 0 Å². The summed E-state index contributed by atoms with van der Waals surface area (Å²) in [6, 6.07) is 1.63. The Hall–Kier alpha value is -1.17. The summed E-state index contributed by atoms with van der Waals surface area (Å²) in [5.41, 5.74) is 0. The molecule has 0 unspecified atom stereocenters. The SMILES string of the molecule is N#CCS(=O)(=O)N1CCCN(CC(=O)O)CC1. The summed E-state index contributed by atoms with van der Waals surface area (Å²) in [4.78, 5) is 12.2. The number of aliphatic carboxylic acids is 1. The molecule has 0 aromatic rings. The minimum atomic E-state index is -3.51. The van der Waals surface area contributed by atoms with Crippen LogP contribution in [0.25, 0.3) is 0 Å². The van der Waals surface area contributed by atoms with Gasteiger partial charge < -0.3 is 5.11 Å². The van der Waals surface area contributed by atoms with Gasteiger partial charge in [-0.15, -0.1) is 0 Å². The molecule has 17 heavy (non-hydrogen) atoms. The molecule has 1 fully saturated rings. The second-order valence-electron chi connectivity index (χ2n) is 3.84. The molecule has 1 aliphatic heterocycles. The van der Waals surface area contributed by atoms with Gasteiger partial charge in [-0.1, -0.05) is 0 Å². The van der Waals surface area contributed by atoms with Crippen LogP contribution in [0.5, 0.6) is 0 Å². The van der Waals surface area contributed by atoms with Crippen molar-refractivity contribution >= 4 is 16.0 Å². The van der Waals surface area contributed by atoms with Gasteiger partial charge >= 0.3 is 5.97 Å². The molecule has 0 atom stereocenters. The zero-order chi connectivity index (χ0) is 12.9. The molecular formula is C9H15N3O4S. The molecule has 8 heteroatoms. The molecule has 96 valence electrons. The quantitative estimate of drug-likeness (QED) is 0.691. The predicted octanol–water partition coefficient (Wildman–Crippen LogP) is -1.07. The van der Waals surface area contributed by atoms with Crippen LogP contribution < -0.4 is 0 Å². The average Bonchev–Trinajstić information content (AvgIpc) is 2.42. The highest BCUT2D eigenvalue weighted by molar-refractivity contribution is 7.89. The van der Waals surface area contributed by atoms with E-state index in [4.69, 9.17) is 10.4 Å². The molecule has 1 saturated heterocycles. The van der Waals surface area contributed by atoms with Gasteiger partial charge in [-0.3, -0.25) is 9.69 Å². The minimum Gasteiger partial charge on any atom is -0.480 e. The number of nitrogens with zero attached hydrogens (tertiary/aromatic N) is 3. The largest absolute Gasteiger partial charge is 0.480 e. The van der Waals surface area contributed by atoms with Crippen LogP contribution in [-0.4, -0.2) is 67.2 Å². The van der Waals surface area contributed by atoms with Gasteiger partial charge in [0, 0.05) is 26.2 Å². The van der Waals surface area contributed by atoms with Gasteiger partial charge in [-0.2, -0.15) is 9.57 Å². The Bertz CT molecular complexity index is 414. The predicted molar refractivity (Wildman–Crippen MR) is 59.7 cm³/mol. The Morgan fingerprint density at radius 1 is 1.29 bits per heavy atom. The third kappa shape index (κ3) is 4.30. The third-order valence-electron chi connectivity index (χ3n) is 2.55. The van der Waals surface area contributed by atoms with Crippen molar-refractivity contribution < 1.29 is 18.3 Å². The van der Waals surface area contributed by atoms with Crippen LogP contribution in [-0.2, 0) is 14.8 Å². The minimum absolute atomic E-state index is 0.0772. The van der Waals surface area contributed by atoms with Gasteiger partial charge in [-0.25, -0.2) is 8.42 Å². The van der Waals surface area contributed by atoms with Gasteiger partial charge in [0.25, 0.3) is 0 Å². The van der Waals surface area contributed by atoms with Crippen molar-refractivity contribution in [3.05, 3.63) is 0 Å². The monoisotopic (exact) mass is 261 g/mol. The van der Waals surface area contributed by atoms with E-state index in [2.05, 4.69) is 0 Å². The van der Waals surface area contributed by atoms with Crippen molar-refractivity contribution in [1.29, 1.82) is 5.26 Å². The Labute approximate surface area is 100 Å². The zero-order valence-corrected chi connectivity index (χ0v) is 10.2. The van der Waals surface area contributed by atoms with Crippen molar-refractivity contribution in [3.63, 3.8) is 0 Å². The van der Waals surface area contributed by atoms with Crippen molar-refractivity contribution in [2.45, 2.75) is 6.42 Å². The van der Waals surface area contributed by atoms with E-state index >= 15 is 0 Å². The molecule has 0 saturated carbocycles. The maximum absolute atomic E-state index is 11.6. The van der Waals surface area contributed by atoms with Crippen molar-refractivity contribution in [1.82, 2.24) is 9.21 Å². The molecule has 0 amide bonds. The molecule has 0 aromatic carbocycles. The lowest BCUT2D eigenvalue weighted by Gasteiger charge is -2.19. The molecule has 0 aromatic heterocycles. The first-order chi connectivity index (χ1) is 7.95. The van der Waals surface area contributed by atoms with E-state index in [0.29, 0.717) is 26.1 Å². The first-order valence-electron chi connectivity index (χ1n) is 5.24. The Balaban J connectivity index is 2.59. The standard InChI is InChI=1S/C9H15N3O4S/c10-2-7-17(15,16)12-4-1-3-11(5-6-12)8-9(13)14/h1,3-8H2,(H,13,14). The molecule has 1 heterocycles. The van der Waals surface area contributed by atoms with Crippen LogP contribution in [0.15, 0.2) is 0 Å². The molecule has 1 N–H and O–H groups in total. The van der Waals surface area contributed by atoms with E-state index in [1.165, 1.54) is 4.31 Å². The summed E-state index contributed by atoms with van der Waals surface area (Å²) in [6.07, 6.45) is 0.581. The highest BCUT2D eigenvalue weighted by atomic mass is 32.2. The van der Waals surface area contributed by atoms with Gasteiger partial charge in [0.1, 0.15) is 0 Å². The average molecular weight is 261 g/mol. The highest BCUT2D eigenvalue weighted by Gasteiger charge is 2.25. The van der Waals surface area contributed by atoms with Crippen LogP contribution in [0.4, 0.5) is 0 Å². The van der Waals surface area contributed by atoms with E-state index in [-0.39, 0.29) is 13.1 Å². The normalized spacial score (nSPS) is 19.5. The summed E-state index contributed by atoms with van der Waals surface area (Å²) >= 11 is 0. The lowest BCUT2D eigenvalue weighted by atomic mass is 10.4. The van der Waals surface area contributed by atoms with E-state index in [1.807, 2.05) is 0 Å². The lowest BCUT2D eigenvalue weighted by Crippen LogP contribution is -2.37. The number of hydrogen-bond donors (Lipinski definition) is 1. The molecule has 0 aliphatic carbocycles. The summed E-state index contributed by atoms with van der Waals surface area (Å²) in [5, 5.41) is 17.1. The van der Waals surface area contributed by atoms with Crippen LogP contribution >= 0.6 is 0 Å². The Morgan fingerprint density at radius 3 is 2.59 bits per heavy atom. The summed E-state index contributed by atoms with van der Waals surface area (Å²) in [6.45, 7) is 1.46. The summed E-state index contributed by atoms with van der Waals surface area (Å²) < 4.78 is 24.5. The fourth-order valence-electron chi connectivity index (χ4n) is 1.75. The smallest absolute Gasteiger partial charge is 0.317 e. The second kappa shape index (κ2) is 5.95.